The fraction of sp³-hybridized carbons (Fsp3) is 0.150. The Labute approximate surface area is 145 Å². The molecule has 0 heterocycles. The number of rotatable bonds is 6. The number of carbonyl (C=O) groups is 1. The molecule has 5 heteroatoms. The Morgan fingerprint density at radius 1 is 1.08 bits per heavy atom. The summed E-state index contributed by atoms with van der Waals surface area (Å²) >= 11 is 0. The van der Waals surface area contributed by atoms with Crippen molar-refractivity contribution in [2.45, 2.75) is 11.9 Å². The second kappa shape index (κ2) is 7.34. The Bertz CT molecular complexity index is 786. The molecule has 25 heavy (non-hydrogen) atoms. The second-order valence-electron chi connectivity index (χ2n) is 5.71. The van der Waals surface area contributed by atoms with Crippen molar-refractivity contribution >= 4 is 5.78 Å². The predicted octanol–water partition coefficient (Wildman–Crippen LogP) is 2.04. The summed E-state index contributed by atoms with van der Waals surface area (Å²) in [6, 6.07) is 17.7. The van der Waals surface area contributed by atoms with Gasteiger partial charge in [0.05, 0.1) is 6.54 Å². The van der Waals surface area contributed by atoms with E-state index in [2.05, 4.69) is 5.32 Å². The normalized spacial score (nSPS) is 22.2. The molecule has 0 aliphatic heterocycles. The molecule has 0 fully saturated rings. The fourth-order valence-electron chi connectivity index (χ4n) is 2.45. The van der Waals surface area contributed by atoms with Crippen LogP contribution in [0, 0.1) is 0 Å². The molecule has 3 N–H and O–H groups in total. The van der Waals surface area contributed by atoms with Crippen molar-refractivity contribution in [2.75, 3.05) is 6.54 Å². The number of hydrogen-bond acceptors (Lipinski definition) is 5. The average molecular weight is 337 g/mol. The summed E-state index contributed by atoms with van der Waals surface area (Å²) in [5, 5.41) is 23.6. The molecule has 1 aliphatic carbocycles. The third-order valence-corrected chi connectivity index (χ3v) is 3.84. The second-order valence-corrected chi connectivity index (χ2v) is 5.71. The number of aliphatic hydroxyl groups is 2. The van der Waals surface area contributed by atoms with Crippen molar-refractivity contribution in [2.24, 2.45) is 0 Å². The number of carbonyl (C=O) groups excluding carboxylic acids is 1. The smallest absolute Gasteiger partial charge is 0.258 e. The van der Waals surface area contributed by atoms with Gasteiger partial charge in [0.15, 0.2) is 5.78 Å². The zero-order valence-corrected chi connectivity index (χ0v) is 13.5. The molecule has 2 atom stereocenters. The largest absolute Gasteiger partial charge is 0.456 e. The van der Waals surface area contributed by atoms with E-state index < -0.39 is 11.9 Å². The van der Waals surface area contributed by atoms with Gasteiger partial charge in [-0.25, -0.2) is 0 Å². The number of benzene rings is 2. The molecule has 3 rings (SSSR count). The van der Waals surface area contributed by atoms with Crippen LogP contribution in [-0.2, 0) is 0 Å². The maximum absolute atomic E-state index is 12.1. The molecular formula is C20H19NO4. The zero-order chi connectivity index (χ0) is 17.7. The number of para-hydroxylation sites is 1. The third-order valence-electron chi connectivity index (χ3n) is 3.84. The number of nitrogens with one attached hydrogen (secondary N) is 1. The standard InChI is InChI=1S/C20H19NO4/c22-18(15-7-3-1-4-8-15)14-21-16-11-12-20(24,19(23)13-16)25-17-9-5-2-6-10-17/h1-13,19,21,23-24H,14H2. The van der Waals surface area contributed by atoms with Gasteiger partial charge in [0.25, 0.3) is 5.79 Å². The van der Waals surface area contributed by atoms with Gasteiger partial charge < -0.3 is 20.3 Å². The molecular weight excluding hydrogens is 318 g/mol. The van der Waals surface area contributed by atoms with Crippen LogP contribution in [0.1, 0.15) is 10.4 Å². The van der Waals surface area contributed by atoms with Gasteiger partial charge in [-0.2, -0.15) is 0 Å². The maximum atomic E-state index is 12.1. The lowest BCUT2D eigenvalue weighted by molar-refractivity contribution is -0.155. The number of hydrogen-bond donors (Lipinski definition) is 3. The summed E-state index contributed by atoms with van der Waals surface area (Å²) in [7, 11) is 0. The van der Waals surface area contributed by atoms with Crippen molar-refractivity contribution in [3.63, 3.8) is 0 Å². The number of Topliss-reactive ketones (excluding diaryl/α,β-unsaturated/α-hetero) is 1. The SMILES string of the molecule is O=C(CNC1=CC(O)C(O)(Oc2ccccc2)C=C1)c1ccccc1. The predicted molar refractivity (Wildman–Crippen MR) is 94.0 cm³/mol. The molecule has 2 aromatic carbocycles. The number of ketones is 1. The van der Waals surface area contributed by atoms with E-state index in [4.69, 9.17) is 4.74 Å². The summed E-state index contributed by atoms with van der Waals surface area (Å²) in [6.07, 6.45) is 3.09. The van der Waals surface area contributed by atoms with Crippen LogP contribution in [0.25, 0.3) is 0 Å². The number of aliphatic hydroxyl groups excluding tert-OH is 1. The van der Waals surface area contributed by atoms with Crippen LogP contribution in [0.15, 0.2) is 84.6 Å². The first-order valence-corrected chi connectivity index (χ1v) is 7.94. The topological polar surface area (TPSA) is 78.8 Å². The summed E-state index contributed by atoms with van der Waals surface area (Å²) < 4.78 is 5.48. The van der Waals surface area contributed by atoms with E-state index >= 15 is 0 Å². The maximum Gasteiger partial charge on any atom is 0.258 e. The van der Waals surface area contributed by atoms with Crippen LogP contribution >= 0.6 is 0 Å². The lowest BCUT2D eigenvalue weighted by Gasteiger charge is -2.32. The number of allylic oxidation sites excluding steroid dienone is 1. The molecule has 1 aliphatic rings. The molecule has 0 saturated carbocycles. The molecule has 128 valence electrons. The Morgan fingerprint density at radius 2 is 1.72 bits per heavy atom. The van der Waals surface area contributed by atoms with Crippen molar-refractivity contribution in [3.8, 4) is 5.75 Å². The van der Waals surface area contributed by atoms with Crippen LogP contribution in [0.2, 0.25) is 0 Å². The molecule has 5 nitrogen and oxygen atoms in total. The Morgan fingerprint density at radius 3 is 2.36 bits per heavy atom. The van der Waals surface area contributed by atoms with E-state index in [0.29, 0.717) is 17.0 Å². The van der Waals surface area contributed by atoms with Crippen molar-refractivity contribution in [1.82, 2.24) is 5.32 Å². The molecule has 2 aromatic rings. The minimum Gasteiger partial charge on any atom is -0.456 e. The van der Waals surface area contributed by atoms with Gasteiger partial charge in [-0.15, -0.1) is 0 Å². The van der Waals surface area contributed by atoms with E-state index in [9.17, 15) is 15.0 Å². The highest BCUT2D eigenvalue weighted by molar-refractivity contribution is 5.97. The van der Waals surface area contributed by atoms with Gasteiger partial charge in [0.2, 0.25) is 0 Å². The average Bonchev–Trinajstić information content (AvgIpc) is 2.64. The summed E-state index contributed by atoms with van der Waals surface area (Å²) in [4.78, 5) is 12.1. The zero-order valence-electron chi connectivity index (χ0n) is 13.5. The monoisotopic (exact) mass is 337 g/mol. The Kier molecular flexibility index (Phi) is 4.97. The van der Waals surface area contributed by atoms with Crippen LogP contribution in [0.5, 0.6) is 5.75 Å². The fourth-order valence-corrected chi connectivity index (χ4v) is 2.45. The first-order valence-electron chi connectivity index (χ1n) is 7.94. The van der Waals surface area contributed by atoms with E-state index in [-0.39, 0.29) is 12.3 Å². The molecule has 0 spiro atoms. The quantitative estimate of drug-likeness (QED) is 0.555. The molecule has 0 aromatic heterocycles. The lowest BCUT2D eigenvalue weighted by atomic mass is 10.0. The highest BCUT2D eigenvalue weighted by Gasteiger charge is 2.36. The van der Waals surface area contributed by atoms with E-state index in [0.717, 1.165) is 0 Å². The van der Waals surface area contributed by atoms with E-state index in [1.54, 1.807) is 54.6 Å². The van der Waals surface area contributed by atoms with Gasteiger partial charge in [-0.1, -0.05) is 48.5 Å². The highest BCUT2D eigenvalue weighted by Crippen LogP contribution is 2.25. The van der Waals surface area contributed by atoms with E-state index in [1.165, 1.54) is 12.2 Å². The van der Waals surface area contributed by atoms with Crippen LogP contribution in [0.4, 0.5) is 0 Å². The molecule has 0 saturated heterocycles. The van der Waals surface area contributed by atoms with Crippen molar-refractivity contribution in [3.05, 3.63) is 90.2 Å². The van der Waals surface area contributed by atoms with Crippen LogP contribution < -0.4 is 10.1 Å². The first kappa shape index (κ1) is 17.0. The molecule has 0 radical (unpaired) electrons. The van der Waals surface area contributed by atoms with Crippen molar-refractivity contribution < 1.29 is 19.7 Å². The third kappa shape index (κ3) is 4.15. The Hall–Kier alpha value is -2.89. The number of ether oxygens (including phenoxy) is 1. The van der Waals surface area contributed by atoms with Gasteiger partial charge in [0.1, 0.15) is 11.9 Å². The minimum atomic E-state index is -1.85. The van der Waals surface area contributed by atoms with Crippen molar-refractivity contribution in [1.29, 1.82) is 0 Å². The molecule has 0 amide bonds. The highest BCUT2D eigenvalue weighted by atomic mass is 16.6. The summed E-state index contributed by atoms with van der Waals surface area (Å²) in [6.45, 7) is 0.0882. The van der Waals surface area contributed by atoms with Gasteiger partial charge in [0, 0.05) is 11.3 Å². The molecule has 2 unspecified atom stereocenters. The Balaban J connectivity index is 1.61. The van der Waals surface area contributed by atoms with Gasteiger partial charge in [-0.05, 0) is 30.4 Å². The minimum absolute atomic E-state index is 0.0641. The van der Waals surface area contributed by atoms with Crippen LogP contribution in [-0.4, -0.2) is 34.4 Å². The first-order chi connectivity index (χ1) is 12.1. The van der Waals surface area contributed by atoms with Gasteiger partial charge in [-0.3, -0.25) is 4.79 Å². The summed E-state index contributed by atoms with van der Waals surface area (Å²) in [5.74, 6) is -1.47. The summed E-state index contributed by atoms with van der Waals surface area (Å²) in [5.41, 5.74) is 1.15. The van der Waals surface area contributed by atoms with Gasteiger partial charge >= 0.3 is 0 Å². The lowest BCUT2D eigenvalue weighted by Crippen LogP contribution is -2.47. The van der Waals surface area contributed by atoms with E-state index in [1.807, 2.05) is 12.1 Å². The van der Waals surface area contributed by atoms with Crippen LogP contribution in [0.3, 0.4) is 0 Å². The molecule has 0 bridgehead atoms.